The molecule has 10 heteroatoms. The van der Waals surface area contributed by atoms with Gasteiger partial charge in [-0.15, -0.1) is 0 Å². The molecule has 0 unspecified atom stereocenters. The summed E-state index contributed by atoms with van der Waals surface area (Å²) in [5.74, 6) is 0.841. The normalized spacial score (nSPS) is 14.8. The van der Waals surface area contributed by atoms with Crippen molar-refractivity contribution in [1.29, 1.82) is 0 Å². The molecule has 0 spiro atoms. The van der Waals surface area contributed by atoms with E-state index in [1.807, 2.05) is 51.2 Å². The number of aromatic amines is 1. The molecule has 0 aliphatic carbocycles. The number of benzene rings is 1. The fourth-order valence-electron chi connectivity index (χ4n) is 4.38. The maximum atomic E-state index is 12.3. The maximum Gasteiger partial charge on any atom is 0.410 e. The van der Waals surface area contributed by atoms with E-state index in [1.54, 1.807) is 17.3 Å². The number of aromatic nitrogens is 5. The Kier molecular flexibility index (Phi) is 7.08. The van der Waals surface area contributed by atoms with Gasteiger partial charge >= 0.3 is 6.09 Å². The highest BCUT2D eigenvalue weighted by Gasteiger charge is 2.25. The third-order valence-corrected chi connectivity index (χ3v) is 6.39. The van der Waals surface area contributed by atoms with Crippen molar-refractivity contribution in [2.45, 2.75) is 39.3 Å². The summed E-state index contributed by atoms with van der Waals surface area (Å²) in [7, 11) is 0. The number of nitrogens with zero attached hydrogens (tertiary/aromatic N) is 6. The molecule has 192 valence electrons. The smallest absolute Gasteiger partial charge is 0.410 e. The fourth-order valence-corrected chi connectivity index (χ4v) is 4.59. The first-order valence-corrected chi connectivity index (χ1v) is 12.7. The Balaban J connectivity index is 1.22. The van der Waals surface area contributed by atoms with Crippen molar-refractivity contribution in [2.24, 2.45) is 0 Å². The third-order valence-electron chi connectivity index (χ3n) is 6.12. The predicted molar refractivity (Wildman–Crippen MR) is 142 cm³/mol. The number of carbonyl (C=O) groups is 1. The van der Waals surface area contributed by atoms with E-state index < -0.39 is 5.60 Å². The second-order valence-corrected chi connectivity index (χ2v) is 10.5. The van der Waals surface area contributed by atoms with E-state index in [2.05, 4.69) is 30.9 Å². The molecular formula is C27H30ClN7O2. The number of H-pyrrole nitrogens is 1. The van der Waals surface area contributed by atoms with Crippen molar-refractivity contribution in [3.63, 3.8) is 0 Å². The molecule has 0 bridgehead atoms. The van der Waals surface area contributed by atoms with Gasteiger partial charge < -0.3 is 14.6 Å². The van der Waals surface area contributed by atoms with Gasteiger partial charge in [0.25, 0.3) is 0 Å². The largest absolute Gasteiger partial charge is 0.444 e. The zero-order valence-electron chi connectivity index (χ0n) is 21.2. The van der Waals surface area contributed by atoms with Crippen molar-refractivity contribution < 1.29 is 9.53 Å². The van der Waals surface area contributed by atoms with Crippen LogP contribution in [0.1, 0.15) is 37.9 Å². The first kappa shape index (κ1) is 25.1. The average molecular weight is 520 g/mol. The molecule has 5 rings (SSSR count). The van der Waals surface area contributed by atoms with Gasteiger partial charge in [0.1, 0.15) is 17.1 Å². The van der Waals surface area contributed by atoms with E-state index in [0.29, 0.717) is 30.4 Å². The SMILES string of the molecule is CC(C)(C)OC(=O)N1CCN(Cc2ccnc(Cc3nc4ccc(-c5nccnc5Cl)cc4[nH]3)c2)CC1. The van der Waals surface area contributed by atoms with Crippen molar-refractivity contribution >= 4 is 28.7 Å². The van der Waals surface area contributed by atoms with Gasteiger partial charge in [-0.2, -0.15) is 0 Å². The lowest BCUT2D eigenvalue weighted by Crippen LogP contribution is -2.49. The average Bonchev–Trinajstić information content (AvgIpc) is 3.25. The van der Waals surface area contributed by atoms with Gasteiger partial charge in [0, 0.05) is 69.0 Å². The Morgan fingerprint density at radius 1 is 1.03 bits per heavy atom. The van der Waals surface area contributed by atoms with Gasteiger partial charge in [-0.3, -0.25) is 14.9 Å². The number of hydrogen-bond donors (Lipinski definition) is 1. The first-order chi connectivity index (χ1) is 17.7. The Hall–Kier alpha value is -3.56. The van der Waals surface area contributed by atoms with Crippen LogP contribution in [0, 0.1) is 0 Å². The van der Waals surface area contributed by atoms with Crippen LogP contribution in [-0.2, 0) is 17.7 Å². The first-order valence-electron chi connectivity index (χ1n) is 12.3. The molecule has 1 aliphatic rings. The van der Waals surface area contributed by atoms with Gasteiger partial charge in [0.05, 0.1) is 11.0 Å². The molecule has 1 fully saturated rings. The fraction of sp³-hybridized carbons (Fsp3) is 0.370. The summed E-state index contributed by atoms with van der Waals surface area (Å²) in [4.78, 5) is 37.6. The molecular weight excluding hydrogens is 490 g/mol. The van der Waals surface area contributed by atoms with E-state index in [-0.39, 0.29) is 6.09 Å². The second-order valence-electron chi connectivity index (χ2n) is 10.2. The Bertz CT molecular complexity index is 1410. The van der Waals surface area contributed by atoms with Crippen LogP contribution in [0.4, 0.5) is 4.79 Å². The highest BCUT2D eigenvalue weighted by Crippen LogP contribution is 2.26. The lowest BCUT2D eigenvalue weighted by atomic mass is 10.1. The molecule has 1 amide bonds. The topological polar surface area (TPSA) is 100 Å². The molecule has 4 aromatic rings. The quantitative estimate of drug-likeness (QED) is 0.407. The summed E-state index contributed by atoms with van der Waals surface area (Å²) < 4.78 is 5.50. The van der Waals surface area contributed by atoms with Crippen molar-refractivity contribution in [3.8, 4) is 11.3 Å². The minimum Gasteiger partial charge on any atom is -0.444 e. The van der Waals surface area contributed by atoms with E-state index in [4.69, 9.17) is 21.3 Å². The molecule has 0 saturated carbocycles. The van der Waals surface area contributed by atoms with E-state index >= 15 is 0 Å². The summed E-state index contributed by atoms with van der Waals surface area (Å²) in [5.41, 5.74) is 4.96. The van der Waals surface area contributed by atoms with Crippen LogP contribution in [0.5, 0.6) is 0 Å². The number of rotatable bonds is 5. The van der Waals surface area contributed by atoms with Crippen LogP contribution in [0.25, 0.3) is 22.3 Å². The van der Waals surface area contributed by atoms with Crippen molar-refractivity contribution in [1.82, 2.24) is 34.7 Å². The maximum absolute atomic E-state index is 12.3. The molecule has 9 nitrogen and oxygen atoms in total. The Morgan fingerprint density at radius 3 is 2.57 bits per heavy atom. The standard InChI is InChI=1S/C27H30ClN7O2/c1-27(2,3)37-26(36)35-12-10-34(11-13-35)17-18-6-7-29-20(14-18)16-23-32-21-5-4-19(15-22(21)33-23)24-25(28)31-9-8-30-24/h4-9,14-15H,10-13,16-17H2,1-3H3,(H,32,33). The number of piperazine rings is 1. The second kappa shape index (κ2) is 10.4. The number of ether oxygens (including phenoxy) is 1. The highest BCUT2D eigenvalue weighted by molar-refractivity contribution is 6.31. The van der Waals surface area contributed by atoms with Crippen LogP contribution in [0.3, 0.4) is 0 Å². The molecule has 1 N–H and O–H groups in total. The Morgan fingerprint density at radius 2 is 1.81 bits per heavy atom. The molecule has 0 radical (unpaired) electrons. The Labute approximate surface area is 220 Å². The number of hydrogen-bond acceptors (Lipinski definition) is 7. The van der Waals surface area contributed by atoms with Gasteiger partial charge in [-0.25, -0.2) is 14.8 Å². The van der Waals surface area contributed by atoms with Crippen molar-refractivity contribution in [3.05, 3.63) is 71.2 Å². The van der Waals surface area contributed by atoms with Gasteiger partial charge in [-0.05, 0) is 50.6 Å². The van der Waals surface area contributed by atoms with Gasteiger partial charge in [0.2, 0.25) is 0 Å². The number of halogens is 1. The van der Waals surface area contributed by atoms with Gasteiger partial charge in [-0.1, -0.05) is 17.7 Å². The number of amides is 1. The van der Waals surface area contributed by atoms with Crippen LogP contribution in [0.15, 0.2) is 48.9 Å². The lowest BCUT2D eigenvalue weighted by molar-refractivity contribution is 0.0139. The van der Waals surface area contributed by atoms with Crippen molar-refractivity contribution in [2.75, 3.05) is 26.2 Å². The monoisotopic (exact) mass is 519 g/mol. The number of carbonyl (C=O) groups excluding carboxylic acids is 1. The van der Waals surface area contributed by atoms with Crippen LogP contribution in [-0.4, -0.2) is 72.6 Å². The summed E-state index contributed by atoms with van der Waals surface area (Å²) in [6, 6.07) is 10.1. The summed E-state index contributed by atoms with van der Waals surface area (Å²) >= 11 is 6.22. The minimum absolute atomic E-state index is 0.240. The van der Waals surface area contributed by atoms with Crippen LogP contribution >= 0.6 is 11.6 Å². The van der Waals surface area contributed by atoms with E-state index in [1.165, 1.54) is 5.56 Å². The summed E-state index contributed by atoms with van der Waals surface area (Å²) in [6.07, 6.45) is 5.40. The molecule has 0 atom stereocenters. The molecule has 1 saturated heterocycles. The summed E-state index contributed by atoms with van der Waals surface area (Å²) in [6.45, 7) is 9.40. The molecule has 1 aromatic carbocycles. The number of nitrogens with one attached hydrogen (secondary N) is 1. The number of pyridine rings is 1. The summed E-state index contributed by atoms with van der Waals surface area (Å²) in [5, 5.41) is 0.369. The lowest BCUT2D eigenvalue weighted by Gasteiger charge is -2.35. The minimum atomic E-state index is -0.478. The van der Waals surface area contributed by atoms with E-state index in [9.17, 15) is 4.79 Å². The van der Waals surface area contributed by atoms with E-state index in [0.717, 1.165) is 47.7 Å². The number of imidazole rings is 1. The molecule has 4 heterocycles. The third kappa shape index (κ3) is 6.23. The van der Waals surface area contributed by atoms with Crippen LogP contribution in [0.2, 0.25) is 5.15 Å². The number of fused-ring (bicyclic) bond motifs is 1. The van der Waals surface area contributed by atoms with Gasteiger partial charge in [0.15, 0.2) is 5.15 Å². The predicted octanol–water partition coefficient (Wildman–Crippen LogP) is 4.71. The molecule has 37 heavy (non-hydrogen) atoms. The highest BCUT2D eigenvalue weighted by atomic mass is 35.5. The molecule has 1 aliphatic heterocycles. The zero-order chi connectivity index (χ0) is 26.0. The molecule has 3 aromatic heterocycles. The van der Waals surface area contributed by atoms with Crippen LogP contribution < -0.4 is 0 Å². The zero-order valence-corrected chi connectivity index (χ0v) is 22.0.